The van der Waals surface area contributed by atoms with Gasteiger partial charge >= 0.3 is 11.9 Å². The van der Waals surface area contributed by atoms with E-state index in [0.29, 0.717) is 31.1 Å². The molecule has 6 unspecified atom stereocenters. The first-order valence-corrected chi connectivity index (χ1v) is 30.6. The number of likely N-dealkylation sites (N-methyl/N-ethyl adjacent to an activating group) is 1. The van der Waals surface area contributed by atoms with Crippen LogP contribution in [0.5, 0.6) is 0 Å². The molecule has 16 nitrogen and oxygen atoms in total. The number of esters is 2. The monoisotopic (exact) mass is 1240 g/mol. The average molecular weight is 1240 g/mol. The summed E-state index contributed by atoms with van der Waals surface area (Å²) in [6, 6.07) is -1.22. The molecule has 20 heteroatoms. The van der Waals surface area contributed by atoms with Gasteiger partial charge in [-0.3, -0.25) is 47.9 Å². The fraction of sp³-hybridized carbons (Fsp3) is 0.839. The SMILES string of the molecule is C.C.C.C.C.C.C.C.CCC(C)(C)C(=O)N(C)C1CCSC1=O.CCC(C)(C)C(=O)NC1CCSC1=O.CCC(C)(C)C(=O)OC12CC3CC(C1)CC(C(=O)NC1CCSC1=O)(C3)C2.CCC(C)(C)C(=O)OCC(=O)NC1CCSC1=O. The van der Waals surface area contributed by atoms with Gasteiger partial charge in [0.15, 0.2) is 6.61 Å². The molecule has 8 rings (SSSR count). The molecule has 3 N–H and O–H groups in total. The first kappa shape index (κ1) is 87.7. The molecule has 82 heavy (non-hydrogen) atoms. The molecule has 8 fully saturated rings. The third-order valence-corrected chi connectivity index (χ3v) is 20.4. The van der Waals surface area contributed by atoms with Crippen LogP contribution in [0.15, 0.2) is 0 Å². The number of nitrogens with one attached hydrogen (secondary N) is 3. The van der Waals surface area contributed by atoms with E-state index in [9.17, 15) is 47.9 Å². The number of ether oxygens (including phenoxy) is 2. The van der Waals surface area contributed by atoms with E-state index < -0.39 is 39.8 Å². The number of carbonyl (C=O) groups excluding carboxylic acids is 10. The summed E-state index contributed by atoms with van der Waals surface area (Å²) in [5, 5.41) is 8.72. The van der Waals surface area contributed by atoms with Crippen LogP contribution in [0.4, 0.5) is 0 Å². The lowest BCUT2D eigenvalue weighted by Gasteiger charge is -2.60. The minimum absolute atomic E-state index is 0. The van der Waals surface area contributed by atoms with E-state index in [1.54, 1.807) is 25.8 Å². The molecule has 4 aliphatic heterocycles. The van der Waals surface area contributed by atoms with Crippen LogP contribution in [0.25, 0.3) is 0 Å². The first-order valence-electron chi connectivity index (χ1n) is 26.7. The zero-order valence-electron chi connectivity index (χ0n) is 46.4. The molecule has 8 aliphatic rings. The maximum absolute atomic E-state index is 13.3. The molecule has 0 aromatic heterocycles. The Labute approximate surface area is 516 Å². The summed E-state index contributed by atoms with van der Waals surface area (Å²) in [4.78, 5) is 121. The highest BCUT2D eigenvalue weighted by atomic mass is 32.2. The molecule has 6 atom stereocenters. The van der Waals surface area contributed by atoms with E-state index in [-0.39, 0.29) is 139 Å². The summed E-state index contributed by atoms with van der Waals surface area (Å²) in [5.41, 5.74) is -2.75. The molecule has 0 aromatic rings. The zero-order valence-corrected chi connectivity index (χ0v) is 49.6. The van der Waals surface area contributed by atoms with E-state index in [4.69, 9.17) is 9.47 Å². The number of thioether (sulfide) groups is 4. The van der Waals surface area contributed by atoms with Crippen molar-refractivity contribution in [1.82, 2.24) is 20.9 Å². The quantitative estimate of drug-likeness (QED) is 0.122. The molecule has 4 saturated carbocycles. The van der Waals surface area contributed by atoms with Gasteiger partial charge in [0.2, 0.25) is 38.2 Å². The Balaban J connectivity index is -0.000000322. The molecule has 482 valence electrons. The van der Waals surface area contributed by atoms with Gasteiger partial charge in [-0.15, -0.1) is 0 Å². The van der Waals surface area contributed by atoms with Crippen LogP contribution in [-0.2, 0) is 57.4 Å². The Morgan fingerprint density at radius 1 is 0.524 bits per heavy atom. The van der Waals surface area contributed by atoms with Gasteiger partial charge < -0.3 is 30.3 Å². The van der Waals surface area contributed by atoms with Gasteiger partial charge in [-0.1, -0.05) is 162 Å². The van der Waals surface area contributed by atoms with Gasteiger partial charge in [0.05, 0.1) is 34.4 Å². The molecule has 4 heterocycles. The molecule has 0 radical (unpaired) electrons. The molecule has 4 bridgehead atoms. The minimum Gasteiger partial charge on any atom is -0.459 e. The number of carbonyl (C=O) groups is 10. The van der Waals surface area contributed by atoms with E-state index >= 15 is 0 Å². The molecule has 4 aliphatic carbocycles. The van der Waals surface area contributed by atoms with Crippen molar-refractivity contribution in [3.05, 3.63) is 0 Å². The van der Waals surface area contributed by atoms with Crippen LogP contribution in [-0.4, -0.2) is 127 Å². The number of nitrogens with zero attached hydrogens (tertiary/aromatic N) is 1. The van der Waals surface area contributed by atoms with Gasteiger partial charge in [-0.2, -0.15) is 0 Å². The molecular formula is C62H118N4O12S4. The largest absolute Gasteiger partial charge is 0.459 e. The highest BCUT2D eigenvalue weighted by Gasteiger charge is 2.63. The fourth-order valence-electron chi connectivity index (χ4n) is 10.1. The molecular weight excluding hydrogens is 1120 g/mol. The van der Waals surface area contributed by atoms with E-state index in [1.807, 2.05) is 69.2 Å². The summed E-state index contributed by atoms with van der Waals surface area (Å²) in [6.45, 7) is 22.6. The molecule has 0 spiro atoms. The van der Waals surface area contributed by atoms with Gasteiger partial charge in [0, 0.05) is 47.3 Å². The second-order valence-corrected chi connectivity index (χ2v) is 28.2. The topological polar surface area (TPSA) is 228 Å². The van der Waals surface area contributed by atoms with Crippen molar-refractivity contribution >= 4 is 103 Å². The van der Waals surface area contributed by atoms with Crippen molar-refractivity contribution in [2.45, 2.75) is 262 Å². The molecule has 0 aromatic carbocycles. The third-order valence-electron chi connectivity index (χ3n) is 16.4. The van der Waals surface area contributed by atoms with Crippen LogP contribution < -0.4 is 16.0 Å². The fourth-order valence-corrected chi connectivity index (χ4v) is 13.9. The van der Waals surface area contributed by atoms with Gasteiger partial charge in [0.1, 0.15) is 11.6 Å². The maximum atomic E-state index is 13.3. The Hall–Kier alpha value is -3.10. The van der Waals surface area contributed by atoms with Crippen molar-refractivity contribution in [3.63, 3.8) is 0 Å². The van der Waals surface area contributed by atoms with Gasteiger partial charge in [-0.05, 0) is 123 Å². The number of hydrogen-bond donors (Lipinski definition) is 3. The molecule has 4 amide bonds. The van der Waals surface area contributed by atoms with Crippen molar-refractivity contribution < 1.29 is 57.4 Å². The average Bonchev–Trinajstić information content (AvgIpc) is 4.17. The minimum atomic E-state index is -0.584. The summed E-state index contributed by atoms with van der Waals surface area (Å²) < 4.78 is 11.1. The Kier molecular flexibility index (Phi) is 39.3. The Bertz CT molecular complexity index is 2100. The lowest BCUT2D eigenvalue weighted by molar-refractivity contribution is -0.210. The zero-order chi connectivity index (χ0) is 55.6. The Morgan fingerprint density at radius 3 is 1.30 bits per heavy atom. The van der Waals surface area contributed by atoms with Crippen LogP contribution in [0.1, 0.15) is 232 Å². The van der Waals surface area contributed by atoms with Crippen molar-refractivity contribution in [3.8, 4) is 0 Å². The summed E-state index contributed by atoms with van der Waals surface area (Å²) in [7, 11) is 1.74. The van der Waals surface area contributed by atoms with Crippen LogP contribution in [0.2, 0.25) is 0 Å². The summed E-state index contributed by atoms with van der Waals surface area (Å²) >= 11 is 5.18. The highest BCUT2D eigenvalue weighted by molar-refractivity contribution is 8.14. The predicted molar refractivity (Wildman–Crippen MR) is 348 cm³/mol. The number of rotatable bonds is 16. The van der Waals surface area contributed by atoms with Crippen molar-refractivity contribution in [2.24, 2.45) is 38.9 Å². The maximum Gasteiger partial charge on any atom is 0.312 e. The van der Waals surface area contributed by atoms with Crippen LogP contribution in [0, 0.1) is 38.9 Å². The van der Waals surface area contributed by atoms with E-state index in [1.165, 1.54) is 47.0 Å². The smallest absolute Gasteiger partial charge is 0.312 e. The van der Waals surface area contributed by atoms with Gasteiger partial charge in [0.25, 0.3) is 5.91 Å². The predicted octanol–water partition coefficient (Wildman–Crippen LogP) is 13.1. The first-order chi connectivity index (χ1) is 34.4. The third kappa shape index (κ3) is 23.0. The van der Waals surface area contributed by atoms with E-state index in [2.05, 4.69) is 16.0 Å². The molecule has 4 saturated heterocycles. The second-order valence-electron chi connectivity index (χ2n) is 23.8. The standard InChI is InChI=1S/C21H31NO4S.C12H19NO4S.C11H19NO2S.C10H17NO2S.8CH4/c1-4-19(2,3)18(25)26-21-10-13-7-14(11-21)9-20(8-13,12-21)17(24)22-15-5-6-27-16(15)23;1-4-12(2,3)11(16)17-7-9(14)13-8-5-6-18-10(8)15;1-5-11(2,3)10(14)12(4)8-6-7-15-9(8)13;1-4-10(2,3)9(13)11-7-5-6-14-8(7)12;;;;;;;;/h13-15H,4-12H2,1-3H3,(H,22,24);8H,4-7H2,1-3H3,(H,13,14);8H,5-7H2,1-4H3;7H,4-6H2,1-3H3,(H,11,13);8*1H4. The summed E-state index contributed by atoms with van der Waals surface area (Å²) in [6.07, 6.45) is 11.2. The number of amides is 4. The lowest BCUT2D eigenvalue weighted by Crippen LogP contribution is -2.62. The normalized spacial score (nSPS) is 25.4. The van der Waals surface area contributed by atoms with Crippen molar-refractivity contribution in [2.75, 3.05) is 36.7 Å². The van der Waals surface area contributed by atoms with Crippen LogP contribution in [0.3, 0.4) is 0 Å². The lowest BCUT2D eigenvalue weighted by atomic mass is 9.47. The van der Waals surface area contributed by atoms with Crippen molar-refractivity contribution in [1.29, 1.82) is 0 Å². The summed E-state index contributed by atoms with van der Waals surface area (Å²) in [5.74, 6) is 3.21. The second kappa shape index (κ2) is 36.8. The number of hydrogen-bond acceptors (Lipinski definition) is 16. The highest BCUT2D eigenvalue weighted by Crippen LogP contribution is 2.63. The van der Waals surface area contributed by atoms with Gasteiger partial charge in [-0.25, -0.2) is 0 Å². The Morgan fingerprint density at radius 2 is 0.915 bits per heavy atom. The van der Waals surface area contributed by atoms with E-state index in [0.717, 1.165) is 93.6 Å². The van der Waals surface area contributed by atoms with Crippen LogP contribution >= 0.6 is 47.0 Å².